The molecule has 0 bridgehead atoms. The third-order valence-corrected chi connectivity index (χ3v) is 3.48. The number of carbonyl (C=O) groups excluding carboxylic acids is 1. The van der Waals surface area contributed by atoms with E-state index in [1.807, 2.05) is 17.5 Å². The molecular formula is C12H19NOS. The molecule has 1 heterocycles. The molecule has 0 fully saturated rings. The summed E-state index contributed by atoms with van der Waals surface area (Å²) in [5.74, 6) is 0.618. The van der Waals surface area contributed by atoms with Crippen LogP contribution in [0.1, 0.15) is 44.0 Å². The Morgan fingerprint density at radius 1 is 1.60 bits per heavy atom. The van der Waals surface area contributed by atoms with Crippen LogP contribution in [0.4, 0.5) is 0 Å². The lowest BCUT2D eigenvalue weighted by atomic mass is 9.96. The van der Waals surface area contributed by atoms with Crippen LogP contribution in [0, 0.1) is 5.92 Å². The maximum absolute atomic E-state index is 11.8. The zero-order valence-corrected chi connectivity index (χ0v) is 10.2. The van der Waals surface area contributed by atoms with Crippen LogP contribution in [-0.4, -0.2) is 5.78 Å². The normalized spacial score (nSPS) is 14.9. The van der Waals surface area contributed by atoms with Gasteiger partial charge in [0.05, 0.1) is 6.04 Å². The molecule has 3 heteroatoms. The highest BCUT2D eigenvalue weighted by Crippen LogP contribution is 2.21. The van der Waals surface area contributed by atoms with Gasteiger partial charge in [-0.25, -0.2) is 0 Å². The first-order chi connectivity index (χ1) is 7.15. The Hall–Kier alpha value is -0.670. The highest BCUT2D eigenvalue weighted by molar-refractivity contribution is 7.10. The van der Waals surface area contributed by atoms with E-state index in [2.05, 4.69) is 13.8 Å². The molecule has 84 valence electrons. The van der Waals surface area contributed by atoms with Gasteiger partial charge in [0, 0.05) is 11.3 Å². The third-order valence-electron chi connectivity index (χ3n) is 2.53. The van der Waals surface area contributed by atoms with E-state index in [-0.39, 0.29) is 5.78 Å². The van der Waals surface area contributed by atoms with E-state index in [0.717, 1.165) is 17.7 Å². The molecule has 0 aliphatic rings. The molecule has 1 aromatic heterocycles. The van der Waals surface area contributed by atoms with Crippen molar-refractivity contribution in [2.75, 3.05) is 0 Å². The smallest absolute Gasteiger partial charge is 0.155 e. The summed E-state index contributed by atoms with van der Waals surface area (Å²) < 4.78 is 0. The van der Waals surface area contributed by atoms with Crippen LogP contribution in [0.15, 0.2) is 17.5 Å². The molecule has 0 aromatic carbocycles. The molecule has 2 atom stereocenters. The summed E-state index contributed by atoms with van der Waals surface area (Å²) in [6.45, 7) is 4.25. The molecule has 1 aromatic rings. The van der Waals surface area contributed by atoms with Crippen LogP contribution >= 0.6 is 11.3 Å². The van der Waals surface area contributed by atoms with Crippen molar-refractivity contribution in [2.24, 2.45) is 11.7 Å². The van der Waals surface area contributed by atoms with Crippen molar-refractivity contribution in [3.63, 3.8) is 0 Å². The molecule has 2 N–H and O–H groups in total. The molecule has 2 unspecified atom stereocenters. The average molecular weight is 225 g/mol. The Morgan fingerprint density at radius 2 is 2.33 bits per heavy atom. The van der Waals surface area contributed by atoms with E-state index in [1.165, 1.54) is 0 Å². The minimum atomic E-state index is -0.413. The van der Waals surface area contributed by atoms with Gasteiger partial charge in [-0.05, 0) is 17.4 Å². The minimum Gasteiger partial charge on any atom is -0.317 e. The molecule has 0 saturated carbocycles. The van der Waals surface area contributed by atoms with Crippen LogP contribution < -0.4 is 5.73 Å². The van der Waals surface area contributed by atoms with Crippen LogP contribution in [-0.2, 0) is 4.79 Å². The zero-order chi connectivity index (χ0) is 11.3. The SMILES string of the molecule is CCCC(C)CC(=O)C(N)c1cccs1. The fourth-order valence-electron chi connectivity index (χ4n) is 1.69. The molecule has 15 heavy (non-hydrogen) atoms. The quantitative estimate of drug-likeness (QED) is 0.808. The maximum atomic E-state index is 11.8. The van der Waals surface area contributed by atoms with Crippen LogP contribution in [0.2, 0.25) is 0 Å². The number of hydrogen-bond acceptors (Lipinski definition) is 3. The van der Waals surface area contributed by atoms with Gasteiger partial charge in [-0.2, -0.15) is 0 Å². The van der Waals surface area contributed by atoms with Crippen LogP contribution in [0.3, 0.4) is 0 Å². The number of ketones is 1. The van der Waals surface area contributed by atoms with Gasteiger partial charge >= 0.3 is 0 Å². The first kappa shape index (κ1) is 12.4. The van der Waals surface area contributed by atoms with E-state index >= 15 is 0 Å². The third kappa shape index (κ3) is 3.76. The summed E-state index contributed by atoms with van der Waals surface area (Å²) >= 11 is 1.55. The standard InChI is InChI=1S/C12H19NOS/c1-3-5-9(2)8-10(14)12(13)11-6-4-7-15-11/h4,6-7,9,12H,3,5,8,13H2,1-2H3. The monoisotopic (exact) mass is 225 g/mol. The van der Waals surface area contributed by atoms with Gasteiger partial charge in [0.1, 0.15) is 0 Å². The van der Waals surface area contributed by atoms with Crippen molar-refractivity contribution in [1.82, 2.24) is 0 Å². The minimum absolute atomic E-state index is 0.165. The fraction of sp³-hybridized carbons (Fsp3) is 0.583. The Kier molecular flexibility index (Phi) is 4.99. The zero-order valence-electron chi connectivity index (χ0n) is 9.40. The lowest BCUT2D eigenvalue weighted by Crippen LogP contribution is -2.22. The van der Waals surface area contributed by atoms with Crippen LogP contribution in [0.5, 0.6) is 0 Å². The summed E-state index contributed by atoms with van der Waals surface area (Å²) in [6.07, 6.45) is 2.83. The van der Waals surface area contributed by atoms with Gasteiger partial charge < -0.3 is 5.73 Å². The second kappa shape index (κ2) is 6.03. The van der Waals surface area contributed by atoms with Gasteiger partial charge in [0.15, 0.2) is 5.78 Å². The van der Waals surface area contributed by atoms with Crippen LogP contribution in [0.25, 0.3) is 0 Å². The maximum Gasteiger partial charge on any atom is 0.155 e. The van der Waals surface area contributed by atoms with Gasteiger partial charge in [-0.3, -0.25) is 4.79 Å². The highest BCUT2D eigenvalue weighted by atomic mass is 32.1. The summed E-state index contributed by atoms with van der Waals surface area (Å²) in [5, 5.41) is 1.96. The fourth-order valence-corrected chi connectivity index (χ4v) is 2.44. The van der Waals surface area contributed by atoms with Crippen molar-refractivity contribution in [1.29, 1.82) is 0 Å². The Morgan fingerprint density at radius 3 is 2.87 bits per heavy atom. The largest absolute Gasteiger partial charge is 0.317 e. The summed E-state index contributed by atoms with van der Waals surface area (Å²) in [5.41, 5.74) is 5.89. The number of nitrogens with two attached hydrogens (primary N) is 1. The number of thiophene rings is 1. The predicted octanol–water partition coefficient (Wildman–Crippen LogP) is 3.14. The summed E-state index contributed by atoms with van der Waals surface area (Å²) in [7, 11) is 0. The van der Waals surface area contributed by atoms with Crippen molar-refractivity contribution in [3.8, 4) is 0 Å². The van der Waals surface area contributed by atoms with E-state index in [0.29, 0.717) is 12.3 Å². The molecule has 0 aliphatic carbocycles. The number of Topliss-reactive ketones (excluding diaryl/α,β-unsaturated/α-hetero) is 1. The average Bonchev–Trinajstić information content (AvgIpc) is 2.69. The Labute approximate surface area is 95.5 Å². The van der Waals surface area contributed by atoms with E-state index < -0.39 is 6.04 Å². The molecule has 0 radical (unpaired) electrons. The lowest BCUT2D eigenvalue weighted by molar-refractivity contribution is -0.121. The van der Waals surface area contributed by atoms with Gasteiger partial charge in [-0.1, -0.05) is 32.8 Å². The van der Waals surface area contributed by atoms with Crippen molar-refractivity contribution >= 4 is 17.1 Å². The molecule has 0 amide bonds. The first-order valence-electron chi connectivity index (χ1n) is 5.46. The molecule has 1 rings (SSSR count). The number of hydrogen-bond donors (Lipinski definition) is 1. The molecular weight excluding hydrogens is 206 g/mol. The van der Waals surface area contributed by atoms with E-state index in [4.69, 9.17) is 5.73 Å². The number of carbonyl (C=O) groups is 1. The van der Waals surface area contributed by atoms with Gasteiger partial charge in [-0.15, -0.1) is 11.3 Å². The molecule has 0 spiro atoms. The second-order valence-electron chi connectivity index (χ2n) is 4.06. The molecule has 0 saturated heterocycles. The Bertz CT molecular complexity index is 295. The molecule has 0 aliphatic heterocycles. The van der Waals surface area contributed by atoms with Crippen molar-refractivity contribution < 1.29 is 4.79 Å². The summed E-state index contributed by atoms with van der Waals surface area (Å²) in [6, 6.07) is 3.45. The predicted molar refractivity (Wildman–Crippen MR) is 64.9 cm³/mol. The second-order valence-corrected chi connectivity index (χ2v) is 5.04. The van der Waals surface area contributed by atoms with Crippen molar-refractivity contribution in [2.45, 2.75) is 39.2 Å². The Balaban J connectivity index is 2.47. The van der Waals surface area contributed by atoms with Gasteiger partial charge in [0.2, 0.25) is 0 Å². The topological polar surface area (TPSA) is 43.1 Å². The van der Waals surface area contributed by atoms with Gasteiger partial charge in [0.25, 0.3) is 0 Å². The highest BCUT2D eigenvalue weighted by Gasteiger charge is 2.18. The van der Waals surface area contributed by atoms with E-state index in [1.54, 1.807) is 11.3 Å². The lowest BCUT2D eigenvalue weighted by Gasteiger charge is -2.12. The number of rotatable bonds is 6. The molecule has 2 nitrogen and oxygen atoms in total. The van der Waals surface area contributed by atoms with Crippen molar-refractivity contribution in [3.05, 3.63) is 22.4 Å². The first-order valence-corrected chi connectivity index (χ1v) is 6.34. The summed E-state index contributed by atoms with van der Waals surface area (Å²) in [4.78, 5) is 12.8. The van der Waals surface area contributed by atoms with E-state index in [9.17, 15) is 4.79 Å².